The summed E-state index contributed by atoms with van der Waals surface area (Å²) in [5.74, 6) is 0. The third kappa shape index (κ3) is 5.58. The van der Waals surface area contributed by atoms with E-state index < -0.39 is 0 Å². The maximum Gasteiger partial charge on any atom is 0.271 e. The fraction of sp³-hybridized carbons (Fsp3) is 0.267. The molecule has 2 aliphatic rings. The minimum atomic E-state index is -0.120. The van der Waals surface area contributed by atoms with E-state index >= 15 is 0 Å². The first-order valence-corrected chi connectivity index (χ1v) is 14.7. The average Bonchev–Trinajstić information content (AvgIpc) is 2.96. The molecule has 0 bridgehead atoms. The second kappa shape index (κ2) is 11.5. The molecule has 1 fully saturated rings. The van der Waals surface area contributed by atoms with Crippen LogP contribution in [0.4, 0.5) is 11.4 Å². The molecule has 39 heavy (non-hydrogen) atoms. The zero-order valence-corrected chi connectivity index (χ0v) is 23.2. The van der Waals surface area contributed by atoms with Crippen molar-refractivity contribution in [2.45, 2.75) is 45.1 Å². The lowest BCUT2D eigenvalue weighted by Gasteiger charge is -2.35. The summed E-state index contributed by atoms with van der Waals surface area (Å²) in [6, 6.07) is 22.5. The molecule has 7 nitrogen and oxygen atoms in total. The zero-order valence-electron chi connectivity index (χ0n) is 21.6. The first kappa shape index (κ1) is 26.0. The summed E-state index contributed by atoms with van der Waals surface area (Å²) >= 11 is 3.53. The number of aromatic nitrogens is 2. The molecule has 2 unspecified atom stereocenters. The molecule has 200 valence electrons. The number of morpholine rings is 1. The van der Waals surface area contributed by atoms with Gasteiger partial charge in [-0.25, -0.2) is 0 Å². The number of ether oxygens (including phenoxy) is 1. The summed E-state index contributed by atoms with van der Waals surface area (Å²) < 4.78 is 6.23. The largest absolute Gasteiger partial charge is 0.396 e. The molecule has 4 aromatic rings. The number of aryl methyl sites for hydroxylation is 1. The third-order valence-corrected chi connectivity index (χ3v) is 9.57. The van der Waals surface area contributed by atoms with Crippen LogP contribution in [0.1, 0.15) is 35.5 Å². The molecule has 0 saturated carbocycles. The first-order valence-electron chi connectivity index (χ1n) is 13.1. The van der Waals surface area contributed by atoms with Gasteiger partial charge in [-0.1, -0.05) is 41.7 Å². The molecule has 6 rings (SSSR count). The lowest BCUT2D eigenvalue weighted by atomic mass is 10.1. The monoisotopic (exact) mass is 558 g/mol. The second-order valence-electron chi connectivity index (χ2n) is 9.64. The fourth-order valence-corrected chi connectivity index (χ4v) is 7.52. The van der Waals surface area contributed by atoms with Crippen molar-refractivity contribution >= 4 is 34.9 Å². The molecular formula is C30H30N4O3S2. The number of aliphatic hydroxyl groups excluding tert-OH is 1. The number of nitrogens with one attached hydrogen (secondary N) is 2. The summed E-state index contributed by atoms with van der Waals surface area (Å²) in [6.45, 7) is 3.95. The van der Waals surface area contributed by atoms with Crippen LogP contribution in [0.15, 0.2) is 97.3 Å². The van der Waals surface area contributed by atoms with Gasteiger partial charge in [0.1, 0.15) is 11.8 Å². The number of pyridine rings is 2. The van der Waals surface area contributed by atoms with Gasteiger partial charge in [0.2, 0.25) is 0 Å². The highest BCUT2D eigenvalue weighted by atomic mass is 32.2. The Hall–Kier alpha value is -3.24. The van der Waals surface area contributed by atoms with Crippen LogP contribution in [0.2, 0.25) is 0 Å². The molecule has 2 aliphatic heterocycles. The van der Waals surface area contributed by atoms with Gasteiger partial charge in [0, 0.05) is 56.9 Å². The summed E-state index contributed by atoms with van der Waals surface area (Å²) in [5, 5.41) is 13.3. The molecular weight excluding hydrogens is 528 g/mol. The number of hydrogen-bond acceptors (Lipinski definition) is 8. The summed E-state index contributed by atoms with van der Waals surface area (Å²) in [7, 11) is 0. The maximum atomic E-state index is 12.4. The van der Waals surface area contributed by atoms with Crippen molar-refractivity contribution in [1.82, 2.24) is 9.97 Å². The van der Waals surface area contributed by atoms with Crippen LogP contribution in [0.3, 0.4) is 0 Å². The Morgan fingerprint density at radius 3 is 2.85 bits per heavy atom. The number of fused-ring (bicyclic) bond motifs is 2. The maximum absolute atomic E-state index is 12.4. The molecule has 4 heterocycles. The van der Waals surface area contributed by atoms with Crippen LogP contribution in [0.25, 0.3) is 0 Å². The molecule has 0 aliphatic carbocycles. The third-order valence-electron chi connectivity index (χ3n) is 6.96. The average molecular weight is 559 g/mol. The van der Waals surface area contributed by atoms with Crippen LogP contribution in [0.5, 0.6) is 0 Å². The highest BCUT2D eigenvalue weighted by molar-refractivity contribution is 8.05. The minimum Gasteiger partial charge on any atom is -0.396 e. The van der Waals surface area contributed by atoms with E-state index in [1.807, 2.05) is 37.3 Å². The molecule has 0 spiro atoms. The number of aromatic amines is 1. The van der Waals surface area contributed by atoms with Gasteiger partial charge < -0.3 is 25.0 Å². The molecule has 0 radical (unpaired) electrons. The molecule has 2 aromatic heterocycles. The van der Waals surface area contributed by atoms with E-state index in [9.17, 15) is 9.90 Å². The Bertz CT molecular complexity index is 1540. The number of aliphatic hydroxyl groups is 1. The van der Waals surface area contributed by atoms with Crippen molar-refractivity contribution in [2.75, 3.05) is 36.5 Å². The van der Waals surface area contributed by atoms with Gasteiger partial charge in [0.15, 0.2) is 0 Å². The molecule has 9 heteroatoms. The Kier molecular flexibility index (Phi) is 7.65. The van der Waals surface area contributed by atoms with Crippen LogP contribution in [0, 0.1) is 6.92 Å². The molecule has 0 amide bonds. The lowest BCUT2D eigenvalue weighted by Crippen LogP contribution is -2.41. The van der Waals surface area contributed by atoms with Crippen molar-refractivity contribution in [3.8, 4) is 0 Å². The molecule has 3 N–H and O–H groups in total. The first-order chi connectivity index (χ1) is 19.1. The Balaban J connectivity index is 1.23. The predicted molar refractivity (Wildman–Crippen MR) is 156 cm³/mol. The molecule has 1 saturated heterocycles. The van der Waals surface area contributed by atoms with Crippen molar-refractivity contribution in [2.24, 2.45) is 0 Å². The van der Waals surface area contributed by atoms with Crippen LogP contribution >= 0.6 is 23.5 Å². The zero-order chi connectivity index (χ0) is 26.8. The van der Waals surface area contributed by atoms with Gasteiger partial charge >= 0.3 is 0 Å². The Morgan fingerprint density at radius 1 is 1.10 bits per heavy atom. The smallest absolute Gasteiger partial charge is 0.271 e. The minimum absolute atomic E-state index is 0.0728. The van der Waals surface area contributed by atoms with Gasteiger partial charge in [-0.15, -0.1) is 0 Å². The summed E-state index contributed by atoms with van der Waals surface area (Å²) in [6.07, 6.45) is 2.12. The summed E-state index contributed by atoms with van der Waals surface area (Å²) in [4.78, 5) is 26.8. The number of nitrogens with zero attached hydrogens (tertiary/aromatic N) is 2. The van der Waals surface area contributed by atoms with Crippen molar-refractivity contribution in [3.05, 3.63) is 100 Å². The van der Waals surface area contributed by atoms with Gasteiger partial charge in [-0.3, -0.25) is 9.78 Å². The van der Waals surface area contributed by atoms with E-state index in [-0.39, 0.29) is 24.3 Å². The van der Waals surface area contributed by atoms with E-state index in [1.54, 1.807) is 29.7 Å². The normalized spacial score (nSPS) is 17.3. The van der Waals surface area contributed by atoms with Gasteiger partial charge in [-0.05, 0) is 67.4 Å². The molecule has 2 aromatic carbocycles. The number of rotatable bonds is 7. The van der Waals surface area contributed by atoms with E-state index in [0.717, 1.165) is 22.6 Å². The van der Waals surface area contributed by atoms with Gasteiger partial charge in [0.05, 0.1) is 18.3 Å². The quantitative estimate of drug-likeness (QED) is 0.231. The van der Waals surface area contributed by atoms with E-state index in [1.165, 1.54) is 19.6 Å². The highest BCUT2D eigenvalue weighted by Gasteiger charge is 2.29. The molecule has 2 atom stereocenters. The second-order valence-corrected chi connectivity index (χ2v) is 11.8. The number of anilines is 2. The van der Waals surface area contributed by atoms with E-state index in [2.05, 4.69) is 56.6 Å². The SMILES string of the molecule is Cc1cccc(C(CCO)Nc2ccc3c(c2)Sc2cccc(C4CN(c5ccc[nH]c5=O)CCO4)c2S3)n1. The standard InChI is InChI=1S/C30H30N4O3S2/c1-19-5-2-7-22(32-19)23(12-15-35)33-20-10-11-26-28(17-20)38-27-9-3-6-21(29(27)39-26)25-18-34(14-16-37-25)24-8-4-13-31-30(24)36/h2-11,13,17,23,25,33,35H,12,14-16,18H2,1H3,(H,31,36). The lowest BCUT2D eigenvalue weighted by molar-refractivity contribution is 0.0378. The van der Waals surface area contributed by atoms with Crippen molar-refractivity contribution in [3.63, 3.8) is 0 Å². The van der Waals surface area contributed by atoms with E-state index in [4.69, 9.17) is 4.74 Å². The topological polar surface area (TPSA) is 90.5 Å². The highest BCUT2D eigenvalue weighted by Crippen LogP contribution is 2.52. The number of H-pyrrole nitrogens is 1. The van der Waals surface area contributed by atoms with E-state index in [0.29, 0.717) is 31.8 Å². The predicted octanol–water partition coefficient (Wildman–Crippen LogP) is 5.81. The number of hydrogen-bond donors (Lipinski definition) is 3. The van der Waals surface area contributed by atoms with Crippen LogP contribution in [-0.4, -0.2) is 41.4 Å². The Labute approximate surface area is 236 Å². The van der Waals surface area contributed by atoms with Gasteiger partial charge in [-0.2, -0.15) is 0 Å². The fourth-order valence-electron chi connectivity index (χ4n) is 5.07. The van der Waals surface area contributed by atoms with Crippen molar-refractivity contribution < 1.29 is 9.84 Å². The van der Waals surface area contributed by atoms with Crippen molar-refractivity contribution in [1.29, 1.82) is 0 Å². The Morgan fingerprint density at radius 2 is 2.00 bits per heavy atom. The van der Waals surface area contributed by atoms with Crippen LogP contribution < -0.4 is 15.8 Å². The summed E-state index contributed by atoms with van der Waals surface area (Å²) in [5.41, 5.74) is 4.66. The number of benzene rings is 2. The van der Waals surface area contributed by atoms with Crippen LogP contribution in [-0.2, 0) is 4.74 Å². The van der Waals surface area contributed by atoms with Gasteiger partial charge in [0.25, 0.3) is 5.56 Å².